The highest BCUT2D eigenvalue weighted by atomic mass is 16.2. The van der Waals surface area contributed by atoms with Crippen molar-refractivity contribution in [2.24, 2.45) is 0 Å². The van der Waals surface area contributed by atoms with Crippen LogP contribution in [0.3, 0.4) is 0 Å². The van der Waals surface area contributed by atoms with Crippen LogP contribution < -0.4 is 11.1 Å². The molecule has 1 heterocycles. The quantitative estimate of drug-likeness (QED) is 0.741. The number of nitrogens with zero attached hydrogens (tertiary/aromatic N) is 1. The Bertz CT molecular complexity index is 776. The molecule has 0 aromatic heterocycles. The maximum absolute atomic E-state index is 12.4. The van der Waals surface area contributed by atoms with Crippen LogP contribution in [0.1, 0.15) is 30.4 Å². The number of carbonyl (C=O) groups excluding carboxylic acids is 2. The first-order valence-electron chi connectivity index (χ1n) is 9.56. The zero-order valence-electron chi connectivity index (χ0n) is 15.6. The number of likely N-dealkylation sites (tertiary alicyclic amines) is 1. The molecule has 1 aliphatic rings. The number of para-hydroxylation sites is 1. The largest absolute Gasteiger partial charge is 0.399 e. The van der Waals surface area contributed by atoms with Gasteiger partial charge in [0.2, 0.25) is 11.8 Å². The van der Waals surface area contributed by atoms with Crippen molar-refractivity contribution in [3.8, 4) is 0 Å². The van der Waals surface area contributed by atoms with Gasteiger partial charge in [-0.3, -0.25) is 9.59 Å². The van der Waals surface area contributed by atoms with Gasteiger partial charge in [-0.15, -0.1) is 0 Å². The van der Waals surface area contributed by atoms with Gasteiger partial charge in [-0.05, 0) is 36.5 Å². The standard InChI is InChI=1S/C22H27N3O2/c23-20-9-5-4-8-18(20)11-12-21(26)24-19-14-15-25(16-19)22(27)13-10-17-6-2-1-3-7-17/h1-9,19H,10-16,23H2,(H,24,26). The fraction of sp³-hybridized carbons (Fsp3) is 0.364. The van der Waals surface area contributed by atoms with Crippen molar-refractivity contribution in [2.45, 2.75) is 38.1 Å². The number of rotatable bonds is 7. The van der Waals surface area contributed by atoms with Gasteiger partial charge < -0.3 is 16.0 Å². The number of aryl methyl sites for hydroxylation is 2. The second kappa shape index (κ2) is 9.21. The minimum atomic E-state index is 0.0156. The lowest BCUT2D eigenvalue weighted by atomic mass is 10.1. The molecular formula is C22H27N3O2. The average Bonchev–Trinajstić information content (AvgIpc) is 3.15. The van der Waals surface area contributed by atoms with Gasteiger partial charge in [-0.2, -0.15) is 0 Å². The SMILES string of the molecule is Nc1ccccc1CCC(=O)NC1CCN(C(=O)CCc2ccccc2)C1. The molecule has 0 bridgehead atoms. The Morgan fingerprint density at radius 3 is 2.52 bits per heavy atom. The molecule has 2 aromatic rings. The van der Waals surface area contributed by atoms with Crippen LogP contribution in [0.25, 0.3) is 0 Å². The van der Waals surface area contributed by atoms with E-state index >= 15 is 0 Å². The number of hydrogen-bond donors (Lipinski definition) is 2. The van der Waals surface area contributed by atoms with Crippen molar-refractivity contribution in [3.05, 3.63) is 65.7 Å². The summed E-state index contributed by atoms with van der Waals surface area (Å²) >= 11 is 0. The first-order valence-corrected chi connectivity index (χ1v) is 9.56. The van der Waals surface area contributed by atoms with Crippen LogP contribution in [0.4, 0.5) is 5.69 Å². The first-order chi connectivity index (χ1) is 13.1. The van der Waals surface area contributed by atoms with Crippen molar-refractivity contribution in [1.82, 2.24) is 10.2 Å². The molecule has 5 nitrogen and oxygen atoms in total. The Kier molecular flexibility index (Phi) is 6.47. The van der Waals surface area contributed by atoms with Crippen LogP contribution in [0.5, 0.6) is 0 Å². The molecule has 1 aliphatic heterocycles. The molecule has 1 unspecified atom stereocenters. The van der Waals surface area contributed by atoms with Crippen molar-refractivity contribution >= 4 is 17.5 Å². The summed E-state index contributed by atoms with van der Waals surface area (Å²) in [5.74, 6) is 0.175. The van der Waals surface area contributed by atoms with Gasteiger partial charge in [-0.25, -0.2) is 0 Å². The average molecular weight is 365 g/mol. The zero-order chi connectivity index (χ0) is 19.1. The van der Waals surface area contributed by atoms with Crippen LogP contribution in [0, 0.1) is 0 Å². The number of nitrogens with one attached hydrogen (secondary N) is 1. The smallest absolute Gasteiger partial charge is 0.222 e. The van der Waals surface area contributed by atoms with E-state index in [0.717, 1.165) is 24.1 Å². The molecule has 27 heavy (non-hydrogen) atoms. The van der Waals surface area contributed by atoms with Crippen LogP contribution in [0.2, 0.25) is 0 Å². The van der Waals surface area contributed by atoms with Crippen LogP contribution in [-0.2, 0) is 22.4 Å². The van der Waals surface area contributed by atoms with Crippen LogP contribution >= 0.6 is 0 Å². The molecule has 0 radical (unpaired) electrons. The molecule has 0 aliphatic carbocycles. The van der Waals surface area contributed by atoms with Crippen LogP contribution in [0.15, 0.2) is 54.6 Å². The summed E-state index contributed by atoms with van der Waals surface area (Å²) in [5, 5.41) is 3.05. The van der Waals surface area contributed by atoms with Gasteiger partial charge in [0.1, 0.15) is 0 Å². The lowest BCUT2D eigenvalue weighted by Crippen LogP contribution is -2.38. The topological polar surface area (TPSA) is 75.4 Å². The molecule has 0 spiro atoms. The lowest BCUT2D eigenvalue weighted by molar-refractivity contribution is -0.130. The fourth-order valence-electron chi connectivity index (χ4n) is 3.47. The number of benzene rings is 2. The Hall–Kier alpha value is -2.82. The van der Waals surface area contributed by atoms with Crippen molar-refractivity contribution < 1.29 is 9.59 Å². The van der Waals surface area contributed by atoms with Crippen LogP contribution in [-0.4, -0.2) is 35.8 Å². The third-order valence-corrected chi connectivity index (χ3v) is 5.05. The van der Waals surface area contributed by atoms with E-state index in [-0.39, 0.29) is 17.9 Å². The van der Waals surface area contributed by atoms with E-state index < -0.39 is 0 Å². The van der Waals surface area contributed by atoms with E-state index in [9.17, 15) is 9.59 Å². The molecule has 1 atom stereocenters. The predicted molar refractivity (Wildman–Crippen MR) is 107 cm³/mol. The van der Waals surface area contributed by atoms with Crippen molar-refractivity contribution in [2.75, 3.05) is 18.8 Å². The summed E-state index contributed by atoms with van der Waals surface area (Å²) in [4.78, 5) is 26.5. The summed E-state index contributed by atoms with van der Waals surface area (Å²) in [7, 11) is 0. The molecule has 0 saturated carbocycles. The Balaban J connectivity index is 1.39. The third kappa shape index (κ3) is 5.58. The maximum Gasteiger partial charge on any atom is 0.222 e. The zero-order valence-corrected chi connectivity index (χ0v) is 15.6. The second-order valence-corrected chi connectivity index (χ2v) is 7.08. The number of anilines is 1. The number of hydrogen-bond acceptors (Lipinski definition) is 3. The van der Waals surface area contributed by atoms with Gasteiger partial charge in [0, 0.05) is 37.7 Å². The Morgan fingerprint density at radius 1 is 1.00 bits per heavy atom. The minimum Gasteiger partial charge on any atom is -0.399 e. The third-order valence-electron chi connectivity index (χ3n) is 5.05. The molecule has 2 amide bonds. The molecule has 1 saturated heterocycles. The van der Waals surface area contributed by atoms with E-state index in [1.54, 1.807) is 0 Å². The summed E-state index contributed by atoms with van der Waals surface area (Å²) < 4.78 is 0. The van der Waals surface area contributed by atoms with Gasteiger partial charge >= 0.3 is 0 Å². The predicted octanol–water partition coefficient (Wildman–Crippen LogP) is 2.55. The van der Waals surface area contributed by atoms with E-state index in [2.05, 4.69) is 5.32 Å². The highest BCUT2D eigenvalue weighted by molar-refractivity contribution is 5.78. The minimum absolute atomic E-state index is 0.0156. The van der Waals surface area contributed by atoms with Gasteiger partial charge in [-0.1, -0.05) is 48.5 Å². The summed E-state index contributed by atoms with van der Waals surface area (Å²) in [6.45, 7) is 1.32. The number of nitrogens with two attached hydrogens (primary N) is 1. The summed E-state index contributed by atoms with van der Waals surface area (Å²) in [5.41, 5.74) is 8.81. The van der Waals surface area contributed by atoms with Crippen molar-refractivity contribution in [1.29, 1.82) is 0 Å². The first kappa shape index (κ1) is 19.0. The molecule has 1 fully saturated rings. The normalized spacial score (nSPS) is 16.3. The summed E-state index contributed by atoms with van der Waals surface area (Å²) in [6, 6.07) is 17.7. The molecule has 142 valence electrons. The summed E-state index contributed by atoms with van der Waals surface area (Å²) in [6.07, 6.45) is 3.12. The number of carbonyl (C=O) groups is 2. The van der Waals surface area contributed by atoms with Gasteiger partial charge in [0.05, 0.1) is 0 Å². The van der Waals surface area contributed by atoms with E-state index in [1.165, 1.54) is 5.56 Å². The Morgan fingerprint density at radius 2 is 1.74 bits per heavy atom. The van der Waals surface area contributed by atoms with Crippen molar-refractivity contribution in [3.63, 3.8) is 0 Å². The van der Waals surface area contributed by atoms with Gasteiger partial charge in [0.25, 0.3) is 0 Å². The van der Waals surface area contributed by atoms with E-state index in [0.29, 0.717) is 32.4 Å². The monoisotopic (exact) mass is 365 g/mol. The molecule has 3 rings (SSSR count). The molecule has 3 N–H and O–H groups in total. The maximum atomic E-state index is 12.4. The van der Waals surface area contributed by atoms with Gasteiger partial charge in [0.15, 0.2) is 0 Å². The highest BCUT2D eigenvalue weighted by Crippen LogP contribution is 2.15. The molecule has 2 aromatic carbocycles. The molecule has 5 heteroatoms. The fourth-order valence-corrected chi connectivity index (χ4v) is 3.47. The van der Waals surface area contributed by atoms with E-state index in [4.69, 9.17) is 5.73 Å². The number of amides is 2. The lowest BCUT2D eigenvalue weighted by Gasteiger charge is -2.17. The second-order valence-electron chi connectivity index (χ2n) is 7.08. The number of nitrogen functional groups attached to an aromatic ring is 1. The molecular weight excluding hydrogens is 338 g/mol. The highest BCUT2D eigenvalue weighted by Gasteiger charge is 2.26. The van der Waals surface area contributed by atoms with E-state index in [1.807, 2.05) is 59.5 Å². The Labute approximate surface area is 160 Å².